The molecule has 11 nitrogen and oxygen atoms in total. The molecule has 2 amide bonds. The number of amides is 2. The number of benzene rings is 3. The molecule has 0 bridgehead atoms. The van der Waals surface area contributed by atoms with Gasteiger partial charge >= 0.3 is 18.0 Å². The van der Waals surface area contributed by atoms with E-state index in [9.17, 15) is 45.8 Å². The molecule has 0 radical (unpaired) electrons. The molecule has 2 aromatic heterocycles. The molecule has 0 aliphatic carbocycles. The van der Waals surface area contributed by atoms with Crippen LogP contribution in [0.4, 0.5) is 26.3 Å². The summed E-state index contributed by atoms with van der Waals surface area (Å²) in [5.41, 5.74) is -3.28. The Hall–Kier alpha value is -5.49. The van der Waals surface area contributed by atoms with Gasteiger partial charge in [-0.2, -0.15) is 36.5 Å². The first-order valence-electron chi connectivity index (χ1n) is 16.6. The summed E-state index contributed by atoms with van der Waals surface area (Å²) >= 11 is 2.88. The predicted molar refractivity (Wildman–Crippen MR) is 189 cm³/mol. The van der Waals surface area contributed by atoms with Crippen molar-refractivity contribution >= 4 is 27.7 Å². The van der Waals surface area contributed by atoms with Crippen LogP contribution in [-0.2, 0) is 25.8 Å². The average molecular weight is 834 g/mol. The zero-order valence-electron chi connectivity index (χ0n) is 29.0. The summed E-state index contributed by atoms with van der Waals surface area (Å²) in [4.78, 5) is 43.4. The Morgan fingerprint density at radius 3 is 2.36 bits per heavy atom. The van der Waals surface area contributed by atoms with Crippen LogP contribution in [0.25, 0.3) is 16.9 Å². The van der Waals surface area contributed by atoms with Crippen molar-refractivity contribution in [2.45, 2.75) is 57.5 Å². The second-order valence-corrected chi connectivity index (χ2v) is 13.9. The van der Waals surface area contributed by atoms with Gasteiger partial charge in [0.2, 0.25) is 0 Å². The summed E-state index contributed by atoms with van der Waals surface area (Å²) in [5, 5.41) is 20.7. The predicted octanol–water partition coefficient (Wildman–Crippen LogP) is 6.54. The van der Waals surface area contributed by atoms with Crippen LogP contribution in [0.15, 0.2) is 94.3 Å². The molecule has 5 aromatic rings. The molecule has 0 spiro atoms. The van der Waals surface area contributed by atoms with E-state index in [1.807, 2.05) is 0 Å². The number of nitrogens with one attached hydrogen (secondary N) is 1. The number of imidazole rings is 1. The monoisotopic (exact) mass is 832 g/mol. The number of aliphatic hydroxyl groups is 1. The van der Waals surface area contributed by atoms with Gasteiger partial charge in [-0.15, -0.1) is 0 Å². The SMILES string of the molecule is CC1Cn2c(c(C(=O)NCc3ccccc3-c3cccnn3)n(-c3ccc(OCC(C)(O)C(F)(F)F)cc3)c2=O)CN1C(=O)c1ccc(Br)c(C(F)(F)F)c1. The van der Waals surface area contributed by atoms with Gasteiger partial charge in [-0.05, 0) is 74.0 Å². The van der Waals surface area contributed by atoms with E-state index in [-0.39, 0.29) is 52.5 Å². The van der Waals surface area contributed by atoms with Crippen LogP contribution in [0.5, 0.6) is 5.75 Å². The summed E-state index contributed by atoms with van der Waals surface area (Å²) in [6.45, 7) is 0.536. The molecule has 2 unspecified atom stereocenters. The van der Waals surface area contributed by atoms with E-state index in [1.54, 1.807) is 43.3 Å². The maximum atomic E-state index is 14.2. The van der Waals surface area contributed by atoms with Crippen molar-refractivity contribution in [3.05, 3.63) is 128 Å². The Morgan fingerprint density at radius 1 is 1.00 bits per heavy atom. The Balaban J connectivity index is 1.38. The molecule has 6 rings (SSSR count). The lowest BCUT2D eigenvalue weighted by Gasteiger charge is -2.34. The highest BCUT2D eigenvalue weighted by atomic mass is 79.9. The van der Waals surface area contributed by atoms with Gasteiger partial charge in [-0.25, -0.2) is 4.79 Å². The van der Waals surface area contributed by atoms with E-state index in [2.05, 4.69) is 31.4 Å². The van der Waals surface area contributed by atoms with Crippen molar-refractivity contribution in [2.24, 2.45) is 0 Å². The lowest BCUT2D eigenvalue weighted by molar-refractivity contribution is -0.260. The number of halogens is 7. The smallest absolute Gasteiger partial charge is 0.420 e. The maximum absolute atomic E-state index is 14.2. The molecule has 1 aliphatic rings. The number of aromatic nitrogens is 4. The summed E-state index contributed by atoms with van der Waals surface area (Å²) in [6.07, 6.45) is -8.21. The fourth-order valence-corrected chi connectivity index (χ4v) is 6.50. The lowest BCUT2D eigenvalue weighted by atomic mass is 10.0. The highest BCUT2D eigenvalue weighted by Gasteiger charge is 2.50. The van der Waals surface area contributed by atoms with E-state index in [0.29, 0.717) is 23.7 Å². The minimum absolute atomic E-state index is 0.0472. The van der Waals surface area contributed by atoms with Gasteiger partial charge in [-0.3, -0.25) is 18.7 Å². The number of nitrogens with zero attached hydrogens (tertiary/aromatic N) is 5. The second kappa shape index (κ2) is 15.0. The van der Waals surface area contributed by atoms with Crippen molar-refractivity contribution in [2.75, 3.05) is 6.61 Å². The molecule has 1 aliphatic heterocycles. The number of fused-ring (bicyclic) bond motifs is 1. The van der Waals surface area contributed by atoms with E-state index in [1.165, 1.54) is 46.0 Å². The number of carbonyl (C=O) groups excluding carboxylic acids is 2. The third-order valence-electron chi connectivity index (χ3n) is 9.07. The summed E-state index contributed by atoms with van der Waals surface area (Å²) in [6, 6.07) is 18.1. The molecular weight excluding hydrogens is 802 g/mol. The number of rotatable bonds is 9. The molecule has 3 aromatic carbocycles. The van der Waals surface area contributed by atoms with Crippen molar-refractivity contribution in [3.63, 3.8) is 0 Å². The van der Waals surface area contributed by atoms with E-state index in [4.69, 9.17) is 4.74 Å². The van der Waals surface area contributed by atoms with Gasteiger partial charge in [-0.1, -0.05) is 40.2 Å². The van der Waals surface area contributed by atoms with Crippen molar-refractivity contribution in [1.82, 2.24) is 29.5 Å². The zero-order chi connectivity index (χ0) is 39.9. The van der Waals surface area contributed by atoms with Crippen LogP contribution in [0, 0.1) is 0 Å². The first-order valence-corrected chi connectivity index (χ1v) is 17.4. The van der Waals surface area contributed by atoms with Gasteiger partial charge in [0.05, 0.1) is 29.2 Å². The lowest BCUT2D eigenvalue weighted by Crippen LogP contribution is -2.47. The summed E-state index contributed by atoms with van der Waals surface area (Å²) < 4.78 is 88.0. The maximum Gasteiger partial charge on any atom is 0.420 e. The number of hydrogen-bond acceptors (Lipinski definition) is 7. The molecule has 3 heterocycles. The van der Waals surface area contributed by atoms with Gasteiger partial charge in [0.1, 0.15) is 18.1 Å². The highest BCUT2D eigenvalue weighted by Crippen LogP contribution is 2.36. The molecule has 2 atom stereocenters. The van der Waals surface area contributed by atoms with Crippen molar-refractivity contribution in [3.8, 4) is 22.7 Å². The minimum atomic E-state index is -4.96. The quantitative estimate of drug-likeness (QED) is 0.161. The van der Waals surface area contributed by atoms with Crippen LogP contribution in [0.1, 0.15) is 51.5 Å². The van der Waals surface area contributed by atoms with E-state index in [0.717, 1.165) is 16.7 Å². The summed E-state index contributed by atoms with van der Waals surface area (Å²) in [5.74, 6) is -1.58. The topological polar surface area (TPSA) is 132 Å². The van der Waals surface area contributed by atoms with Crippen LogP contribution in [0.3, 0.4) is 0 Å². The third kappa shape index (κ3) is 8.00. The molecule has 0 fully saturated rings. The van der Waals surface area contributed by atoms with Crippen molar-refractivity contribution < 1.29 is 45.8 Å². The normalized spacial score (nSPS) is 15.6. The van der Waals surface area contributed by atoms with Gasteiger partial charge in [0, 0.05) is 40.9 Å². The molecule has 288 valence electrons. The van der Waals surface area contributed by atoms with Crippen LogP contribution in [-0.4, -0.2) is 65.6 Å². The van der Waals surface area contributed by atoms with Crippen LogP contribution in [0.2, 0.25) is 0 Å². The standard InChI is InChI=1S/C37H31BrF6N6O5/c1-21-18-49-30(19-48(21)33(52)22-9-14-28(38)27(16-22)36(39,40)41)31(32(51)45-17-23-6-3-4-7-26(23)29-8-5-15-46-47-29)50(34(49)53)24-10-12-25(13-11-24)55-20-35(2,54)37(42,43)44/h3-16,21,54H,17-20H2,1-2H3,(H,45,51). The molecule has 18 heteroatoms. The fourth-order valence-electron chi connectivity index (χ4n) is 6.03. The molecular formula is C37H31BrF6N6O5. The number of ether oxygens (including phenoxy) is 1. The second-order valence-electron chi connectivity index (χ2n) is 13.0. The Bertz CT molecular complexity index is 2290. The van der Waals surface area contributed by atoms with Crippen LogP contribution >= 0.6 is 15.9 Å². The van der Waals surface area contributed by atoms with E-state index >= 15 is 0 Å². The van der Waals surface area contributed by atoms with Crippen molar-refractivity contribution in [1.29, 1.82) is 0 Å². The Kier molecular flexibility index (Phi) is 10.7. The highest BCUT2D eigenvalue weighted by molar-refractivity contribution is 9.10. The molecule has 55 heavy (non-hydrogen) atoms. The third-order valence-corrected chi connectivity index (χ3v) is 9.76. The van der Waals surface area contributed by atoms with Gasteiger partial charge in [0.25, 0.3) is 11.8 Å². The van der Waals surface area contributed by atoms with Crippen LogP contribution < -0.4 is 15.7 Å². The summed E-state index contributed by atoms with van der Waals surface area (Å²) in [7, 11) is 0. The molecule has 0 saturated carbocycles. The average Bonchev–Trinajstić information content (AvgIpc) is 3.43. The van der Waals surface area contributed by atoms with Gasteiger partial charge in [0.15, 0.2) is 5.60 Å². The fraction of sp³-hybridized carbons (Fsp3) is 0.270. The first-order chi connectivity index (χ1) is 25.9. The van der Waals surface area contributed by atoms with E-state index < -0.39 is 53.7 Å². The largest absolute Gasteiger partial charge is 0.490 e. The Labute approximate surface area is 317 Å². The Morgan fingerprint density at radius 2 is 1.71 bits per heavy atom. The van der Waals surface area contributed by atoms with Gasteiger partial charge < -0.3 is 20.1 Å². The number of alkyl halides is 6. The number of hydrogen-bond donors (Lipinski definition) is 2. The minimum Gasteiger partial charge on any atom is -0.490 e. The molecule has 0 saturated heterocycles. The first kappa shape index (κ1) is 39.2. The molecule has 2 N–H and O–H groups in total. The zero-order valence-corrected chi connectivity index (χ0v) is 30.5. The number of carbonyl (C=O) groups is 2.